The molecule has 0 fully saturated rings. The van der Waals surface area contributed by atoms with Gasteiger partial charge in [0, 0.05) is 55.8 Å². The van der Waals surface area contributed by atoms with Gasteiger partial charge >= 0.3 is 0 Å². The number of rotatable bonds is 12. The number of amides is 2. The van der Waals surface area contributed by atoms with Gasteiger partial charge in [0.05, 0.1) is 0 Å². The van der Waals surface area contributed by atoms with Crippen LogP contribution in [0.25, 0.3) is 17.5 Å². The van der Waals surface area contributed by atoms with Crippen molar-refractivity contribution >= 4 is 41.1 Å². The first-order valence-electron chi connectivity index (χ1n) is 12.2. The summed E-state index contributed by atoms with van der Waals surface area (Å²) >= 11 is 6.02. The van der Waals surface area contributed by atoms with E-state index in [1.165, 1.54) is 18.6 Å². The maximum atomic E-state index is 12.2. The fraction of sp³-hybridized carbons (Fsp3) is 0.286. The number of hydrogen-bond donors (Lipinski definition) is 4. The Morgan fingerprint density at radius 1 is 0.865 bits per heavy atom. The number of hydrogen-bond acceptors (Lipinski definition) is 6. The Bertz CT molecular complexity index is 1210. The summed E-state index contributed by atoms with van der Waals surface area (Å²) in [4.78, 5) is 32.5. The molecule has 1 aromatic heterocycles. The molecule has 1 heterocycles. The maximum absolute atomic E-state index is 12.2. The average molecular weight is 521 g/mol. The minimum atomic E-state index is -0.167. The molecule has 0 bridgehead atoms. The van der Waals surface area contributed by atoms with E-state index in [0.717, 1.165) is 11.1 Å². The third-order valence-corrected chi connectivity index (χ3v) is 5.65. The zero-order valence-corrected chi connectivity index (χ0v) is 22.1. The van der Waals surface area contributed by atoms with Gasteiger partial charge in [-0.3, -0.25) is 9.59 Å². The predicted octanol–water partition coefficient (Wildman–Crippen LogP) is 4.71. The molecular weight excluding hydrogens is 488 g/mol. The topological polar surface area (TPSA) is 108 Å². The Morgan fingerprint density at radius 3 is 2.03 bits per heavy atom. The second-order valence-corrected chi connectivity index (χ2v) is 9.19. The van der Waals surface area contributed by atoms with Crippen molar-refractivity contribution in [2.45, 2.75) is 26.7 Å². The highest BCUT2D eigenvalue weighted by atomic mass is 35.5. The van der Waals surface area contributed by atoms with E-state index in [0.29, 0.717) is 54.6 Å². The van der Waals surface area contributed by atoms with E-state index >= 15 is 0 Å². The number of benzene rings is 2. The fourth-order valence-electron chi connectivity index (χ4n) is 3.38. The molecular formula is C28H33ClN6O2. The number of nitrogens with one attached hydrogen (secondary N) is 4. The molecule has 0 aliphatic carbocycles. The van der Waals surface area contributed by atoms with Gasteiger partial charge in [0.25, 0.3) is 0 Å². The van der Waals surface area contributed by atoms with E-state index in [1.807, 2.05) is 24.3 Å². The molecule has 3 rings (SSSR count). The summed E-state index contributed by atoms with van der Waals surface area (Å²) in [5.74, 6) is 1.97. The van der Waals surface area contributed by atoms with E-state index in [9.17, 15) is 9.59 Å². The normalized spacial score (nSPS) is 10.9. The van der Waals surface area contributed by atoms with E-state index in [4.69, 9.17) is 11.6 Å². The number of carbonyl (C=O) groups is 2. The van der Waals surface area contributed by atoms with Crippen LogP contribution < -0.4 is 21.3 Å². The van der Waals surface area contributed by atoms with Crippen molar-refractivity contribution in [2.24, 2.45) is 0 Å². The monoisotopic (exact) mass is 520 g/mol. The highest BCUT2D eigenvalue weighted by molar-refractivity contribution is 6.30. The van der Waals surface area contributed by atoms with Crippen molar-refractivity contribution in [1.82, 2.24) is 20.6 Å². The number of aromatic nitrogens is 2. The maximum Gasteiger partial charge on any atom is 0.244 e. The summed E-state index contributed by atoms with van der Waals surface area (Å²) in [5.41, 5.74) is 3.06. The van der Waals surface area contributed by atoms with Crippen LogP contribution in [0.3, 0.4) is 0 Å². The molecule has 0 spiro atoms. The van der Waals surface area contributed by atoms with Gasteiger partial charge in [0.2, 0.25) is 11.8 Å². The Kier molecular flexibility index (Phi) is 10.5. The molecule has 0 unspecified atom stereocenters. The van der Waals surface area contributed by atoms with Crippen LogP contribution in [0.5, 0.6) is 0 Å². The van der Waals surface area contributed by atoms with Crippen LogP contribution in [0.2, 0.25) is 5.02 Å². The predicted molar refractivity (Wildman–Crippen MR) is 151 cm³/mol. The van der Waals surface area contributed by atoms with Crippen molar-refractivity contribution in [1.29, 1.82) is 0 Å². The molecule has 37 heavy (non-hydrogen) atoms. The summed E-state index contributed by atoms with van der Waals surface area (Å²) < 4.78 is 0. The summed E-state index contributed by atoms with van der Waals surface area (Å²) in [6.45, 7) is 7.66. The lowest BCUT2D eigenvalue weighted by Crippen LogP contribution is -2.27. The molecule has 2 aromatic carbocycles. The standard InChI is InChI=1S/C28H33ClN6O2/c1-19(2)22-7-4-21(5-8-22)6-13-27(37)33-17-16-32-26-18-25(31-15-14-30-20(3)36)34-28(35-26)23-9-11-24(29)12-10-23/h4-13,18-19H,14-17H2,1-3H3,(H,30,36)(H,33,37)(H2,31,32,34,35)/b13-6+. The molecule has 9 heteroatoms. The molecule has 0 aliphatic heterocycles. The molecule has 2 amide bonds. The molecule has 4 N–H and O–H groups in total. The van der Waals surface area contributed by atoms with Crippen LogP contribution in [-0.2, 0) is 9.59 Å². The first kappa shape index (κ1) is 27.7. The molecule has 0 atom stereocenters. The van der Waals surface area contributed by atoms with Gasteiger partial charge in [-0.05, 0) is 47.4 Å². The summed E-state index contributed by atoms with van der Waals surface area (Å²) in [6.07, 6.45) is 3.33. The van der Waals surface area contributed by atoms with Gasteiger partial charge in [0.15, 0.2) is 5.82 Å². The summed E-state index contributed by atoms with van der Waals surface area (Å²) in [6, 6.07) is 17.2. The number of anilines is 2. The lowest BCUT2D eigenvalue weighted by Gasteiger charge is -2.12. The minimum absolute atomic E-state index is 0.0883. The zero-order chi connectivity index (χ0) is 26.6. The van der Waals surface area contributed by atoms with Crippen LogP contribution in [0.15, 0.2) is 60.7 Å². The van der Waals surface area contributed by atoms with Gasteiger partial charge in [0.1, 0.15) is 11.6 Å². The highest BCUT2D eigenvalue weighted by Gasteiger charge is 2.08. The van der Waals surface area contributed by atoms with Gasteiger partial charge in [-0.15, -0.1) is 0 Å². The van der Waals surface area contributed by atoms with Crippen molar-refractivity contribution in [2.75, 3.05) is 36.8 Å². The molecule has 0 aliphatic rings. The minimum Gasteiger partial charge on any atom is -0.368 e. The largest absolute Gasteiger partial charge is 0.368 e. The zero-order valence-electron chi connectivity index (χ0n) is 21.3. The van der Waals surface area contributed by atoms with Crippen molar-refractivity contribution < 1.29 is 9.59 Å². The summed E-state index contributed by atoms with van der Waals surface area (Å²) in [5, 5.41) is 12.7. The molecule has 0 saturated carbocycles. The van der Waals surface area contributed by atoms with E-state index in [-0.39, 0.29) is 11.8 Å². The van der Waals surface area contributed by atoms with Crippen molar-refractivity contribution in [3.63, 3.8) is 0 Å². The molecule has 3 aromatic rings. The first-order valence-corrected chi connectivity index (χ1v) is 12.6. The average Bonchev–Trinajstić information content (AvgIpc) is 2.88. The lowest BCUT2D eigenvalue weighted by atomic mass is 10.0. The Hall–Kier alpha value is -3.91. The van der Waals surface area contributed by atoms with Gasteiger partial charge in [-0.25, -0.2) is 9.97 Å². The third kappa shape index (κ3) is 9.57. The van der Waals surface area contributed by atoms with E-state index in [2.05, 4.69) is 57.2 Å². The quantitative estimate of drug-likeness (QED) is 0.203. The van der Waals surface area contributed by atoms with Crippen molar-refractivity contribution in [3.8, 4) is 11.4 Å². The van der Waals surface area contributed by atoms with Gasteiger partial charge in [-0.1, -0.05) is 49.7 Å². The number of carbonyl (C=O) groups excluding carboxylic acids is 2. The SMILES string of the molecule is CC(=O)NCCNc1cc(NCCNC(=O)/C=C/c2ccc(C(C)C)cc2)nc(-c2ccc(Cl)cc2)n1. The van der Waals surface area contributed by atoms with Crippen LogP contribution in [0.1, 0.15) is 37.8 Å². The number of halogens is 1. The van der Waals surface area contributed by atoms with E-state index in [1.54, 1.807) is 24.3 Å². The second-order valence-electron chi connectivity index (χ2n) is 8.75. The van der Waals surface area contributed by atoms with E-state index < -0.39 is 0 Å². The fourth-order valence-corrected chi connectivity index (χ4v) is 3.51. The second kappa shape index (κ2) is 14.0. The van der Waals surface area contributed by atoms with Crippen LogP contribution in [0.4, 0.5) is 11.6 Å². The molecule has 0 radical (unpaired) electrons. The van der Waals surface area contributed by atoms with Gasteiger partial charge < -0.3 is 21.3 Å². The first-order chi connectivity index (χ1) is 17.8. The highest BCUT2D eigenvalue weighted by Crippen LogP contribution is 2.22. The Labute approximate surface area is 223 Å². The summed E-state index contributed by atoms with van der Waals surface area (Å²) in [7, 11) is 0. The Morgan fingerprint density at radius 2 is 1.46 bits per heavy atom. The van der Waals surface area contributed by atoms with Gasteiger partial charge in [-0.2, -0.15) is 0 Å². The van der Waals surface area contributed by atoms with Crippen LogP contribution in [-0.4, -0.2) is 48.0 Å². The lowest BCUT2D eigenvalue weighted by molar-refractivity contribution is -0.119. The molecule has 8 nitrogen and oxygen atoms in total. The van der Waals surface area contributed by atoms with Crippen LogP contribution in [0, 0.1) is 0 Å². The smallest absolute Gasteiger partial charge is 0.244 e. The van der Waals surface area contributed by atoms with Crippen LogP contribution >= 0.6 is 11.6 Å². The molecule has 194 valence electrons. The van der Waals surface area contributed by atoms with Crippen molar-refractivity contribution in [3.05, 3.63) is 76.8 Å². The number of nitrogens with zero attached hydrogens (tertiary/aromatic N) is 2. The third-order valence-electron chi connectivity index (χ3n) is 5.39. The Balaban J connectivity index is 1.56. The molecule has 0 saturated heterocycles.